The van der Waals surface area contributed by atoms with Crippen LogP contribution in [0.3, 0.4) is 0 Å². The lowest BCUT2D eigenvalue weighted by Gasteiger charge is -2.39. The molecular formula is C16H22BrN. The van der Waals surface area contributed by atoms with Gasteiger partial charge in [-0.2, -0.15) is 0 Å². The zero-order valence-electron chi connectivity index (χ0n) is 11.1. The SMILES string of the molecule is CC1CCCN1CC1CC(c2ccc(Br)cc2)C1. The number of rotatable bonds is 3. The molecule has 1 unspecified atom stereocenters. The maximum absolute atomic E-state index is 3.50. The Morgan fingerprint density at radius 2 is 1.94 bits per heavy atom. The van der Waals surface area contributed by atoms with Gasteiger partial charge >= 0.3 is 0 Å². The van der Waals surface area contributed by atoms with Crippen molar-refractivity contribution >= 4 is 15.9 Å². The topological polar surface area (TPSA) is 3.24 Å². The molecule has 1 atom stereocenters. The van der Waals surface area contributed by atoms with Crippen molar-refractivity contribution in [2.45, 2.75) is 44.6 Å². The lowest BCUT2D eigenvalue weighted by atomic mass is 9.71. The van der Waals surface area contributed by atoms with Crippen molar-refractivity contribution in [3.63, 3.8) is 0 Å². The fraction of sp³-hybridized carbons (Fsp3) is 0.625. The number of nitrogens with zero attached hydrogens (tertiary/aromatic N) is 1. The summed E-state index contributed by atoms with van der Waals surface area (Å²) in [5.74, 6) is 1.76. The molecule has 1 aromatic carbocycles. The molecule has 3 rings (SSSR count). The van der Waals surface area contributed by atoms with E-state index in [1.54, 1.807) is 0 Å². The van der Waals surface area contributed by atoms with E-state index in [-0.39, 0.29) is 0 Å². The van der Waals surface area contributed by atoms with Crippen LogP contribution in [0.2, 0.25) is 0 Å². The Balaban J connectivity index is 1.49. The van der Waals surface area contributed by atoms with Gasteiger partial charge in [-0.1, -0.05) is 28.1 Å². The predicted molar refractivity (Wildman–Crippen MR) is 79.9 cm³/mol. The van der Waals surface area contributed by atoms with E-state index in [9.17, 15) is 0 Å². The minimum Gasteiger partial charge on any atom is -0.300 e. The van der Waals surface area contributed by atoms with Gasteiger partial charge in [-0.3, -0.25) is 0 Å². The Labute approximate surface area is 119 Å². The van der Waals surface area contributed by atoms with Gasteiger partial charge in [-0.15, -0.1) is 0 Å². The molecule has 98 valence electrons. The molecule has 2 heteroatoms. The van der Waals surface area contributed by atoms with Crippen molar-refractivity contribution in [3.05, 3.63) is 34.3 Å². The number of halogens is 1. The Kier molecular flexibility index (Phi) is 3.76. The van der Waals surface area contributed by atoms with Gasteiger partial charge in [0, 0.05) is 17.1 Å². The molecule has 1 aliphatic heterocycles. The van der Waals surface area contributed by atoms with Crippen molar-refractivity contribution in [3.8, 4) is 0 Å². The van der Waals surface area contributed by atoms with Crippen LogP contribution >= 0.6 is 15.9 Å². The first-order valence-corrected chi connectivity index (χ1v) is 8.01. The minimum atomic E-state index is 0.820. The number of hydrogen-bond donors (Lipinski definition) is 0. The first-order valence-electron chi connectivity index (χ1n) is 7.22. The molecule has 0 amide bonds. The van der Waals surface area contributed by atoms with Gasteiger partial charge in [0.25, 0.3) is 0 Å². The summed E-state index contributed by atoms with van der Waals surface area (Å²) in [6, 6.07) is 9.74. The zero-order valence-corrected chi connectivity index (χ0v) is 12.7. The van der Waals surface area contributed by atoms with Crippen LogP contribution in [0.4, 0.5) is 0 Å². The number of likely N-dealkylation sites (tertiary alicyclic amines) is 1. The molecule has 2 fully saturated rings. The van der Waals surface area contributed by atoms with E-state index in [1.807, 2.05) is 0 Å². The quantitative estimate of drug-likeness (QED) is 0.798. The Morgan fingerprint density at radius 1 is 1.22 bits per heavy atom. The molecule has 0 spiro atoms. The third-order valence-electron chi connectivity index (χ3n) is 4.76. The summed E-state index contributed by atoms with van der Waals surface area (Å²) in [7, 11) is 0. The largest absolute Gasteiger partial charge is 0.300 e. The van der Waals surface area contributed by atoms with Crippen LogP contribution in [-0.2, 0) is 0 Å². The molecule has 1 aliphatic carbocycles. The fourth-order valence-corrected chi connectivity index (χ4v) is 3.75. The van der Waals surface area contributed by atoms with Gasteiger partial charge in [0.15, 0.2) is 0 Å². The third-order valence-corrected chi connectivity index (χ3v) is 5.29. The summed E-state index contributed by atoms with van der Waals surface area (Å²) in [6.07, 6.45) is 5.60. The van der Waals surface area contributed by atoms with E-state index in [2.05, 4.69) is 52.0 Å². The predicted octanol–water partition coefficient (Wildman–Crippen LogP) is 4.43. The Morgan fingerprint density at radius 3 is 2.56 bits per heavy atom. The second kappa shape index (κ2) is 5.34. The lowest BCUT2D eigenvalue weighted by Crippen LogP contribution is -2.37. The Hall–Kier alpha value is -0.340. The van der Waals surface area contributed by atoms with E-state index in [1.165, 1.54) is 48.8 Å². The lowest BCUT2D eigenvalue weighted by molar-refractivity contribution is 0.154. The number of benzene rings is 1. The van der Waals surface area contributed by atoms with E-state index in [0.717, 1.165) is 17.9 Å². The van der Waals surface area contributed by atoms with Gasteiger partial charge in [0.1, 0.15) is 0 Å². The van der Waals surface area contributed by atoms with Crippen molar-refractivity contribution < 1.29 is 0 Å². The normalized spacial score (nSPS) is 32.4. The van der Waals surface area contributed by atoms with Gasteiger partial charge in [-0.05, 0) is 68.7 Å². The molecule has 1 saturated carbocycles. The first kappa shape index (κ1) is 12.7. The van der Waals surface area contributed by atoms with Crippen LogP contribution in [0.15, 0.2) is 28.7 Å². The van der Waals surface area contributed by atoms with Crippen molar-refractivity contribution in [1.82, 2.24) is 4.90 Å². The van der Waals surface area contributed by atoms with E-state index >= 15 is 0 Å². The summed E-state index contributed by atoms with van der Waals surface area (Å²) < 4.78 is 1.19. The average Bonchev–Trinajstić information content (AvgIpc) is 2.71. The van der Waals surface area contributed by atoms with Gasteiger partial charge in [-0.25, -0.2) is 0 Å². The van der Waals surface area contributed by atoms with E-state index in [4.69, 9.17) is 0 Å². The monoisotopic (exact) mass is 307 g/mol. The molecule has 0 bridgehead atoms. The summed E-state index contributed by atoms with van der Waals surface area (Å²) in [4.78, 5) is 2.70. The maximum Gasteiger partial charge on any atom is 0.0175 e. The minimum absolute atomic E-state index is 0.820. The second-order valence-corrected chi connectivity index (χ2v) is 6.99. The van der Waals surface area contributed by atoms with Crippen LogP contribution < -0.4 is 0 Å². The highest BCUT2D eigenvalue weighted by atomic mass is 79.9. The summed E-state index contributed by atoms with van der Waals surface area (Å²) in [5, 5.41) is 0. The van der Waals surface area contributed by atoms with Crippen LogP contribution in [0.5, 0.6) is 0 Å². The van der Waals surface area contributed by atoms with Crippen LogP contribution in [-0.4, -0.2) is 24.0 Å². The maximum atomic E-state index is 3.50. The molecular weight excluding hydrogens is 286 g/mol. The molecule has 0 radical (unpaired) electrons. The van der Waals surface area contributed by atoms with Crippen molar-refractivity contribution in [1.29, 1.82) is 0 Å². The van der Waals surface area contributed by atoms with Gasteiger partial charge in [0.05, 0.1) is 0 Å². The molecule has 1 heterocycles. The second-order valence-electron chi connectivity index (χ2n) is 6.07. The summed E-state index contributed by atoms with van der Waals surface area (Å²) in [6.45, 7) is 5.06. The molecule has 1 nitrogen and oxygen atoms in total. The number of hydrogen-bond acceptors (Lipinski definition) is 1. The van der Waals surface area contributed by atoms with Gasteiger partial charge in [0.2, 0.25) is 0 Å². The van der Waals surface area contributed by atoms with Gasteiger partial charge < -0.3 is 4.90 Å². The van der Waals surface area contributed by atoms with Crippen LogP contribution in [0.1, 0.15) is 44.1 Å². The third kappa shape index (κ3) is 2.65. The highest BCUT2D eigenvalue weighted by molar-refractivity contribution is 9.10. The molecule has 0 aromatic heterocycles. The highest BCUT2D eigenvalue weighted by Gasteiger charge is 2.33. The first-order chi connectivity index (χ1) is 8.72. The van der Waals surface area contributed by atoms with Crippen molar-refractivity contribution in [2.24, 2.45) is 5.92 Å². The fourth-order valence-electron chi connectivity index (χ4n) is 3.49. The molecule has 1 saturated heterocycles. The van der Waals surface area contributed by atoms with Crippen LogP contribution in [0, 0.1) is 5.92 Å². The molecule has 1 aromatic rings. The average molecular weight is 308 g/mol. The van der Waals surface area contributed by atoms with Crippen LogP contribution in [0.25, 0.3) is 0 Å². The zero-order chi connectivity index (χ0) is 12.5. The van der Waals surface area contributed by atoms with Crippen molar-refractivity contribution in [2.75, 3.05) is 13.1 Å². The molecule has 18 heavy (non-hydrogen) atoms. The summed E-state index contributed by atoms with van der Waals surface area (Å²) in [5.41, 5.74) is 1.53. The smallest absolute Gasteiger partial charge is 0.0175 e. The molecule has 0 N–H and O–H groups in total. The highest BCUT2D eigenvalue weighted by Crippen LogP contribution is 2.42. The van der Waals surface area contributed by atoms with E-state index in [0.29, 0.717) is 0 Å². The van der Waals surface area contributed by atoms with E-state index < -0.39 is 0 Å². The molecule has 2 aliphatic rings. The standard InChI is InChI=1S/C16H22BrN/c1-12-3-2-8-18(12)11-13-9-15(10-13)14-4-6-16(17)7-5-14/h4-7,12-13,15H,2-3,8-11H2,1H3. The Bertz CT molecular complexity index is 394. The summed E-state index contributed by atoms with van der Waals surface area (Å²) >= 11 is 3.50.